The molecule has 1 heteroatoms. The summed E-state index contributed by atoms with van der Waals surface area (Å²) in [5.41, 5.74) is 3.52. The molecule has 1 rings (SSSR count). The number of aliphatic hydroxyl groups excluding tert-OH is 1. The topological polar surface area (TPSA) is 20.2 Å². The first-order valence-electron chi connectivity index (χ1n) is 7.29. The van der Waals surface area contributed by atoms with E-state index < -0.39 is 6.10 Å². The summed E-state index contributed by atoms with van der Waals surface area (Å²) in [5.74, 6) is 1.22. The monoisotopic (exact) mass is 260 g/mol. The van der Waals surface area contributed by atoms with Crippen LogP contribution in [0.2, 0.25) is 0 Å². The molecule has 0 spiro atoms. The van der Waals surface area contributed by atoms with Gasteiger partial charge in [-0.15, -0.1) is 0 Å². The molecule has 1 N–H and O–H groups in total. The highest BCUT2D eigenvalue weighted by atomic mass is 16.3. The van der Waals surface area contributed by atoms with E-state index in [1.165, 1.54) is 11.1 Å². The quantitative estimate of drug-likeness (QED) is 0.723. The molecule has 1 aromatic rings. The van der Waals surface area contributed by atoms with E-state index in [0.717, 1.165) is 12.0 Å². The molecule has 1 aromatic carbocycles. The molecule has 0 saturated carbocycles. The Hall–Kier alpha value is -1.08. The van der Waals surface area contributed by atoms with Crippen LogP contribution in [0.3, 0.4) is 0 Å². The first-order chi connectivity index (χ1) is 8.82. The lowest BCUT2D eigenvalue weighted by Gasteiger charge is -2.22. The Morgan fingerprint density at radius 1 is 1.11 bits per heavy atom. The highest BCUT2D eigenvalue weighted by Gasteiger charge is 2.18. The molecular formula is C18H28O. The van der Waals surface area contributed by atoms with Crippen molar-refractivity contribution in [2.45, 2.75) is 59.0 Å². The Labute approximate surface area is 118 Å². The third kappa shape index (κ3) is 4.50. The molecule has 2 atom stereocenters. The van der Waals surface area contributed by atoms with Gasteiger partial charge in [0.1, 0.15) is 0 Å². The first-order valence-corrected chi connectivity index (χ1v) is 7.29. The Morgan fingerprint density at radius 2 is 1.68 bits per heavy atom. The van der Waals surface area contributed by atoms with E-state index in [1.807, 2.05) is 0 Å². The van der Waals surface area contributed by atoms with Crippen LogP contribution in [-0.4, -0.2) is 11.2 Å². The number of rotatable bonds is 6. The fraction of sp³-hybridized carbons (Fsp3) is 0.556. The normalized spacial score (nSPS) is 14.7. The molecule has 0 aliphatic heterocycles. The fourth-order valence-corrected chi connectivity index (χ4v) is 2.29. The van der Waals surface area contributed by atoms with Crippen LogP contribution in [0.1, 0.15) is 64.0 Å². The van der Waals surface area contributed by atoms with Crippen LogP contribution < -0.4 is 0 Å². The maximum Gasteiger partial charge on any atom is 0.0755 e. The van der Waals surface area contributed by atoms with Crippen LogP contribution in [0, 0.1) is 5.92 Å². The number of hydrogen-bond donors (Lipinski definition) is 1. The van der Waals surface area contributed by atoms with Gasteiger partial charge in [-0.2, -0.15) is 0 Å². The second-order valence-corrected chi connectivity index (χ2v) is 6.27. The van der Waals surface area contributed by atoms with Gasteiger partial charge in [0.05, 0.1) is 6.10 Å². The van der Waals surface area contributed by atoms with Crippen molar-refractivity contribution in [1.82, 2.24) is 0 Å². The van der Waals surface area contributed by atoms with Crippen LogP contribution in [-0.2, 0) is 0 Å². The summed E-state index contributed by atoms with van der Waals surface area (Å²) < 4.78 is 0. The fourth-order valence-electron chi connectivity index (χ4n) is 2.29. The zero-order valence-corrected chi connectivity index (χ0v) is 13.0. The third-order valence-corrected chi connectivity index (χ3v) is 3.76. The molecule has 0 bridgehead atoms. The molecule has 0 aliphatic carbocycles. The molecule has 0 radical (unpaired) electrons. The van der Waals surface area contributed by atoms with E-state index in [1.54, 1.807) is 0 Å². The molecule has 1 nitrogen and oxygen atoms in total. The van der Waals surface area contributed by atoms with Crippen LogP contribution in [0.4, 0.5) is 0 Å². The summed E-state index contributed by atoms with van der Waals surface area (Å²) in [5, 5.41) is 10.2. The van der Waals surface area contributed by atoms with Gasteiger partial charge in [-0.25, -0.2) is 0 Å². The van der Waals surface area contributed by atoms with Gasteiger partial charge >= 0.3 is 0 Å². The van der Waals surface area contributed by atoms with E-state index in [-0.39, 0.29) is 5.92 Å². The van der Waals surface area contributed by atoms with Crippen LogP contribution in [0.25, 0.3) is 0 Å². The lowest BCUT2D eigenvalue weighted by molar-refractivity contribution is 0.177. The summed E-state index contributed by atoms with van der Waals surface area (Å²) in [6.07, 6.45) is 0.380. The molecule has 0 saturated heterocycles. The maximum atomic E-state index is 10.2. The summed E-state index contributed by atoms with van der Waals surface area (Å²) in [6, 6.07) is 8.63. The van der Waals surface area contributed by atoms with Crippen molar-refractivity contribution in [2.75, 3.05) is 0 Å². The summed E-state index contributed by atoms with van der Waals surface area (Å²) in [7, 11) is 0. The second-order valence-electron chi connectivity index (χ2n) is 6.27. The summed E-state index contributed by atoms with van der Waals surface area (Å²) in [6.45, 7) is 14.9. The minimum Gasteiger partial charge on any atom is -0.389 e. The molecule has 0 aliphatic rings. The number of aliphatic hydroxyl groups is 1. The van der Waals surface area contributed by atoms with Crippen LogP contribution in [0.15, 0.2) is 36.4 Å². The first kappa shape index (κ1) is 16.0. The minimum absolute atomic E-state index is 0.201. The van der Waals surface area contributed by atoms with Crippen LogP contribution >= 0.6 is 0 Å². The van der Waals surface area contributed by atoms with Gasteiger partial charge in [-0.05, 0) is 35.0 Å². The van der Waals surface area contributed by atoms with E-state index >= 15 is 0 Å². The van der Waals surface area contributed by atoms with Gasteiger partial charge < -0.3 is 5.11 Å². The van der Waals surface area contributed by atoms with E-state index in [4.69, 9.17) is 0 Å². The van der Waals surface area contributed by atoms with Crippen molar-refractivity contribution in [2.24, 2.45) is 5.92 Å². The average Bonchev–Trinajstić information content (AvgIpc) is 2.36. The number of hydrogen-bond acceptors (Lipinski definition) is 1. The average molecular weight is 260 g/mol. The zero-order valence-electron chi connectivity index (χ0n) is 13.0. The second kappa shape index (κ2) is 6.91. The summed E-state index contributed by atoms with van der Waals surface area (Å²) in [4.78, 5) is 0. The SMILES string of the molecule is C=C(C(O)CC(C)C)C(C)c1cccc(C(C)C)c1. The predicted octanol–water partition coefficient (Wildman–Crippen LogP) is 4.88. The lowest BCUT2D eigenvalue weighted by atomic mass is 9.86. The Kier molecular flexibility index (Phi) is 5.81. The van der Waals surface area contributed by atoms with Crippen molar-refractivity contribution in [3.05, 3.63) is 47.5 Å². The minimum atomic E-state index is -0.405. The molecule has 0 fully saturated rings. The zero-order chi connectivity index (χ0) is 14.6. The van der Waals surface area contributed by atoms with Crippen molar-refractivity contribution >= 4 is 0 Å². The van der Waals surface area contributed by atoms with Gasteiger partial charge in [-0.1, -0.05) is 65.5 Å². The number of benzene rings is 1. The standard InChI is InChI=1S/C18H28O/c1-12(2)10-18(19)15(6)14(5)17-9-7-8-16(11-17)13(3)4/h7-9,11-14,18-19H,6,10H2,1-5H3. The van der Waals surface area contributed by atoms with E-state index in [2.05, 4.69) is 65.5 Å². The van der Waals surface area contributed by atoms with Crippen molar-refractivity contribution in [3.63, 3.8) is 0 Å². The van der Waals surface area contributed by atoms with Gasteiger partial charge in [0, 0.05) is 5.92 Å². The van der Waals surface area contributed by atoms with Gasteiger partial charge in [0.15, 0.2) is 0 Å². The smallest absolute Gasteiger partial charge is 0.0755 e. The lowest BCUT2D eigenvalue weighted by Crippen LogP contribution is -2.16. The van der Waals surface area contributed by atoms with Gasteiger partial charge in [0.2, 0.25) is 0 Å². The molecule has 2 unspecified atom stereocenters. The molecule has 0 amide bonds. The third-order valence-electron chi connectivity index (χ3n) is 3.76. The van der Waals surface area contributed by atoms with Crippen molar-refractivity contribution in [1.29, 1.82) is 0 Å². The Morgan fingerprint density at radius 3 is 2.21 bits per heavy atom. The maximum absolute atomic E-state index is 10.2. The molecule has 19 heavy (non-hydrogen) atoms. The molecule has 0 heterocycles. The van der Waals surface area contributed by atoms with Crippen molar-refractivity contribution < 1.29 is 5.11 Å². The predicted molar refractivity (Wildman–Crippen MR) is 83.5 cm³/mol. The highest BCUT2D eigenvalue weighted by Crippen LogP contribution is 2.29. The Balaban J connectivity index is 2.84. The van der Waals surface area contributed by atoms with E-state index in [9.17, 15) is 5.11 Å². The largest absolute Gasteiger partial charge is 0.389 e. The molecule has 106 valence electrons. The van der Waals surface area contributed by atoms with E-state index in [0.29, 0.717) is 11.8 Å². The molecular weight excluding hydrogens is 232 g/mol. The van der Waals surface area contributed by atoms with Gasteiger partial charge in [0.25, 0.3) is 0 Å². The molecule has 0 aromatic heterocycles. The summed E-state index contributed by atoms with van der Waals surface area (Å²) >= 11 is 0. The Bertz CT molecular complexity index is 417. The van der Waals surface area contributed by atoms with Crippen LogP contribution in [0.5, 0.6) is 0 Å². The highest BCUT2D eigenvalue weighted by molar-refractivity contribution is 5.33. The van der Waals surface area contributed by atoms with Crippen molar-refractivity contribution in [3.8, 4) is 0 Å². The van der Waals surface area contributed by atoms with Gasteiger partial charge in [-0.3, -0.25) is 0 Å².